The SMILES string of the molecule is COc1cc(/C=C2/SC(=O)N(CC(=O)Nc3cccc(F)c3)C2=O)cc(Cl)c1OCc1ccc(C)cc1. The molecule has 1 aliphatic heterocycles. The number of methoxy groups -OCH3 is 1. The molecule has 3 aromatic carbocycles. The molecular weight excluding hydrogens is 519 g/mol. The van der Waals surface area contributed by atoms with Crippen LogP contribution in [0.5, 0.6) is 11.5 Å². The fourth-order valence-corrected chi connectivity index (χ4v) is 4.61. The number of aryl methyl sites for hydroxylation is 1. The van der Waals surface area contributed by atoms with Gasteiger partial charge in [0.2, 0.25) is 5.91 Å². The average molecular weight is 541 g/mol. The summed E-state index contributed by atoms with van der Waals surface area (Å²) in [5, 5.41) is 2.14. The first-order valence-electron chi connectivity index (χ1n) is 11.1. The van der Waals surface area contributed by atoms with Crippen molar-refractivity contribution in [2.24, 2.45) is 0 Å². The van der Waals surface area contributed by atoms with Crippen molar-refractivity contribution < 1.29 is 28.2 Å². The summed E-state index contributed by atoms with van der Waals surface area (Å²) in [5.41, 5.74) is 2.83. The zero-order valence-electron chi connectivity index (χ0n) is 19.9. The lowest BCUT2D eigenvalue weighted by molar-refractivity contribution is -0.127. The summed E-state index contributed by atoms with van der Waals surface area (Å²) in [5.74, 6) is -1.07. The minimum Gasteiger partial charge on any atom is -0.493 e. The summed E-state index contributed by atoms with van der Waals surface area (Å²) in [6.45, 7) is 1.78. The number of imide groups is 1. The lowest BCUT2D eigenvalue weighted by atomic mass is 10.1. The van der Waals surface area contributed by atoms with Gasteiger partial charge in [-0.15, -0.1) is 0 Å². The number of hydrogen-bond acceptors (Lipinski definition) is 6. The molecule has 0 saturated carbocycles. The predicted molar refractivity (Wildman–Crippen MR) is 141 cm³/mol. The van der Waals surface area contributed by atoms with Gasteiger partial charge in [-0.05, 0) is 66.2 Å². The summed E-state index contributed by atoms with van der Waals surface area (Å²) in [4.78, 5) is 38.5. The van der Waals surface area contributed by atoms with Gasteiger partial charge in [0, 0.05) is 5.69 Å². The summed E-state index contributed by atoms with van der Waals surface area (Å²) in [7, 11) is 1.47. The number of amides is 3. The number of nitrogens with one attached hydrogen (secondary N) is 1. The Hall–Kier alpha value is -3.82. The number of carbonyl (C=O) groups excluding carboxylic acids is 3. The fraction of sp³-hybridized carbons (Fsp3) is 0.148. The number of ether oxygens (including phenoxy) is 2. The van der Waals surface area contributed by atoms with E-state index < -0.39 is 29.4 Å². The van der Waals surface area contributed by atoms with E-state index in [-0.39, 0.29) is 22.2 Å². The third kappa shape index (κ3) is 6.49. The van der Waals surface area contributed by atoms with Crippen LogP contribution in [0.1, 0.15) is 16.7 Å². The number of anilines is 1. The number of rotatable bonds is 8. The number of benzene rings is 3. The van der Waals surface area contributed by atoms with Crippen LogP contribution in [0.15, 0.2) is 65.6 Å². The van der Waals surface area contributed by atoms with Gasteiger partial charge in [0.15, 0.2) is 11.5 Å². The van der Waals surface area contributed by atoms with Crippen LogP contribution in [0.4, 0.5) is 14.9 Å². The third-order valence-electron chi connectivity index (χ3n) is 5.34. The van der Waals surface area contributed by atoms with E-state index in [2.05, 4.69) is 5.32 Å². The number of halogens is 2. The van der Waals surface area contributed by atoms with Gasteiger partial charge in [0.25, 0.3) is 11.1 Å². The highest BCUT2D eigenvalue weighted by Gasteiger charge is 2.36. The van der Waals surface area contributed by atoms with Gasteiger partial charge in [0.05, 0.1) is 17.0 Å². The zero-order chi connectivity index (χ0) is 26.5. The summed E-state index contributed by atoms with van der Waals surface area (Å²) in [6.07, 6.45) is 1.49. The number of carbonyl (C=O) groups is 3. The molecule has 0 aliphatic carbocycles. The molecule has 37 heavy (non-hydrogen) atoms. The van der Waals surface area contributed by atoms with Gasteiger partial charge in [-0.2, -0.15) is 0 Å². The van der Waals surface area contributed by atoms with Crippen LogP contribution in [0.2, 0.25) is 5.02 Å². The van der Waals surface area contributed by atoms with Crippen LogP contribution in [0.3, 0.4) is 0 Å². The van der Waals surface area contributed by atoms with Crippen LogP contribution in [-0.4, -0.2) is 35.6 Å². The van der Waals surface area contributed by atoms with Crippen LogP contribution in [0.25, 0.3) is 6.08 Å². The highest BCUT2D eigenvalue weighted by atomic mass is 35.5. The van der Waals surface area contributed by atoms with Crippen molar-refractivity contribution in [3.63, 3.8) is 0 Å². The molecule has 0 aromatic heterocycles. The second-order valence-electron chi connectivity index (χ2n) is 8.13. The van der Waals surface area contributed by atoms with Crippen molar-refractivity contribution in [3.05, 3.63) is 93.1 Å². The second-order valence-corrected chi connectivity index (χ2v) is 9.54. The first kappa shape index (κ1) is 26.2. The van der Waals surface area contributed by atoms with Crippen LogP contribution in [-0.2, 0) is 16.2 Å². The van der Waals surface area contributed by atoms with Crippen molar-refractivity contribution in [2.75, 3.05) is 19.0 Å². The summed E-state index contributed by atoms with van der Waals surface area (Å²) in [6, 6.07) is 16.4. The molecule has 3 amide bonds. The van der Waals surface area contributed by atoms with Gasteiger partial charge >= 0.3 is 0 Å². The Kier molecular flexibility index (Phi) is 8.15. The molecule has 1 aliphatic rings. The van der Waals surface area contributed by atoms with Gasteiger partial charge in [-0.1, -0.05) is 47.5 Å². The molecule has 7 nitrogen and oxygen atoms in total. The second kappa shape index (κ2) is 11.5. The number of nitrogens with zero attached hydrogens (tertiary/aromatic N) is 1. The number of hydrogen-bond donors (Lipinski definition) is 1. The van der Waals surface area contributed by atoms with Gasteiger partial charge in [-0.3, -0.25) is 19.3 Å². The molecule has 0 atom stereocenters. The maximum Gasteiger partial charge on any atom is 0.294 e. The van der Waals surface area contributed by atoms with E-state index in [1.165, 1.54) is 31.4 Å². The van der Waals surface area contributed by atoms with E-state index in [0.717, 1.165) is 22.1 Å². The van der Waals surface area contributed by atoms with Crippen LogP contribution < -0.4 is 14.8 Å². The van der Waals surface area contributed by atoms with Crippen LogP contribution in [0, 0.1) is 12.7 Å². The molecule has 190 valence electrons. The van der Waals surface area contributed by atoms with Crippen LogP contribution >= 0.6 is 23.4 Å². The first-order valence-corrected chi connectivity index (χ1v) is 12.3. The molecular formula is C27H22ClFN2O5S. The third-order valence-corrected chi connectivity index (χ3v) is 6.53. The molecule has 0 bridgehead atoms. The zero-order valence-corrected chi connectivity index (χ0v) is 21.5. The molecule has 1 heterocycles. The molecule has 0 spiro atoms. The predicted octanol–water partition coefficient (Wildman–Crippen LogP) is 6.05. The summed E-state index contributed by atoms with van der Waals surface area (Å²) >= 11 is 7.16. The van der Waals surface area contributed by atoms with E-state index in [4.69, 9.17) is 21.1 Å². The molecule has 4 rings (SSSR count). The molecule has 3 aromatic rings. The molecule has 0 unspecified atom stereocenters. The maximum absolute atomic E-state index is 13.3. The van der Waals surface area contributed by atoms with E-state index in [0.29, 0.717) is 28.8 Å². The maximum atomic E-state index is 13.3. The lowest BCUT2D eigenvalue weighted by Gasteiger charge is -2.14. The van der Waals surface area contributed by atoms with Crippen molar-refractivity contribution in [1.29, 1.82) is 0 Å². The Morgan fingerprint density at radius 1 is 1.14 bits per heavy atom. The smallest absolute Gasteiger partial charge is 0.294 e. The number of thioether (sulfide) groups is 1. The highest BCUT2D eigenvalue weighted by Crippen LogP contribution is 2.39. The minimum atomic E-state index is -0.631. The normalized spacial score (nSPS) is 14.3. The molecule has 1 N–H and O–H groups in total. The molecule has 1 saturated heterocycles. The van der Waals surface area contributed by atoms with Crippen molar-refractivity contribution in [1.82, 2.24) is 4.90 Å². The minimum absolute atomic E-state index is 0.120. The topological polar surface area (TPSA) is 84.9 Å². The van der Waals surface area contributed by atoms with E-state index in [1.807, 2.05) is 31.2 Å². The lowest BCUT2D eigenvalue weighted by Crippen LogP contribution is -2.36. The molecule has 1 fully saturated rings. The Labute approximate surface area is 222 Å². The van der Waals surface area contributed by atoms with E-state index >= 15 is 0 Å². The fourth-order valence-electron chi connectivity index (χ4n) is 3.50. The Balaban J connectivity index is 1.46. The van der Waals surface area contributed by atoms with Crippen molar-refractivity contribution in [3.8, 4) is 11.5 Å². The van der Waals surface area contributed by atoms with E-state index in [9.17, 15) is 18.8 Å². The average Bonchev–Trinajstić information content (AvgIpc) is 3.11. The molecule has 0 radical (unpaired) electrons. The Morgan fingerprint density at radius 3 is 2.59 bits per heavy atom. The van der Waals surface area contributed by atoms with Crippen molar-refractivity contribution >= 4 is 52.2 Å². The monoisotopic (exact) mass is 540 g/mol. The first-order chi connectivity index (χ1) is 17.7. The highest BCUT2D eigenvalue weighted by molar-refractivity contribution is 8.18. The molecule has 10 heteroatoms. The van der Waals surface area contributed by atoms with Gasteiger partial charge in [-0.25, -0.2) is 4.39 Å². The quantitative estimate of drug-likeness (QED) is 0.350. The Morgan fingerprint density at radius 2 is 1.89 bits per heavy atom. The van der Waals surface area contributed by atoms with E-state index in [1.54, 1.807) is 12.1 Å². The standard InChI is InChI=1S/C27H22ClFN2O5S/c1-16-6-8-17(9-7-16)15-36-25-21(28)10-18(11-22(25)35-2)12-23-26(33)31(27(34)37-23)14-24(32)30-20-5-3-4-19(29)13-20/h3-13H,14-15H2,1-2H3,(H,30,32)/b23-12+. The van der Waals surface area contributed by atoms with Gasteiger partial charge in [0.1, 0.15) is 19.0 Å². The van der Waals surface area contributed by atoms with Gasteiger partial charge < -0.3 is 14.8 Å². The summed E-state index contributed by atoms with van der Waals surface area (Å²) < 4.78 is 24.7. The Bertz CT molecular complexity index is 1390. The van der Waals surface area contributed by atoms with Crippen molar-refractivity contribution in [2.45, 2.75) is 13.5 Å². The largest absolute Gasteiger partial charge is 0.493 e.